The van der Waals surface area contributed by atoms with Crippen molar-refractivity contribution >= 4 is 0 Å². The van der Waals surface area contributed by atoms with Gasteiger partial charge in [-0.3, -0.25) is 0 Å². The summed E-state index contributed by atoms with van der Waals surface area (Å²) in [4.78, 5) is 0. The lowest BCUT2D eigenvalue weighted by atomic mass is 9.73. The van der Waals surface area contributed by atoms with E-state index in [1.54, 1.807) is 0 Å². The molecule has 1 aromatic carbocycles. The predicted molar refractivity (Wildman–Crippen MR) is 100 cm³/mol. The molecule has 27 heavy (non-hydrogen) atoms. The summed E-state index contributed by atoms with van der Waals surface area (Å²) < 4.78 is 60.1. The normalized spacial score (nSPS) is 21.9. The average Bonchev–Trinajstić information content (AvgIpc) is 2.62. The Morgan fingerprint density at radius 3 is 2.37 bits per heavy atom. The second kappa shape index (κ2) is 9.79. The molecule has 0 radical (unpaired) electrons. The highest BCUT2D eigenvalue weighted by Gasteiger charge is 2.34. The van der Waals surface area contributed by atoms with E-state index in [0.717, 1.165) is 31.2 Å². The van der Waals surface area contributed by atoms with Crippen LogP contribution < -0.4 is 4.74 Å². The van der Waals surface area contributed by atoms with Gasteiger partial charge in [-0.25, -0.2) is 4.39 Å². The topological polar surface area (TPSA) is 9.23 Å². The summed E-state index contributed by atoms with van der Waals surface area (Å²) in [6.45, 7) is 5.78. The van der Waals surface area contributed by atoms with E-state index in [9.17, 15) is 17.6 Å². The summed E-state index contributed by atoms with van der Waals surface area (Å²) in [5.74, 6) is -1.36. The minimum Gasteiger partial charge on any atom is -0.429 e. The molecular formula is C22H32F4O. The third-order valence-electron chi connectivity index (χ3n) is 5.93. The molecule has 0 aromatic heterocycles. The van der Waals surface area contributed by atoms with Gasteiger partial charge in [0, 0.05) is 0 Å². The minimum absolute atomic E-state index is 0.0624. The van der Waals surface area contributed by atoms with Crippen LogP contribution in [0, 0.1) is 36.3 Å². The van der Waals surface area contributed by atoms with Crippen molar-refractivity contribution in [2.75, 3.05) is 0 Å². The first-order valence-corrected chi connectivity index (χ1v) is 10.2. The summed E-state index contributed by atoms with van der Waals surface area (Å²) in [6.07, 6.45) is 4.01. The second-order valence-electron chi connectivity index (χ2n) is 8.21. The Bertz CT molecular complexity index is 594. The fourth-order valence-electron chi connectivity index (χ4n) is 4.23. The molecule has 0 bridgehead atoms. The van der Waals surface area contributed by atoms with Crippen molar-refractivity contribution in [3.05, 3.63) is 29.3 Å². The van der Waals surface area contributed by atoms with Gasteiger partial charge >= 0.3 is 6.11 Å². The largest absolute Gasteiger partial charge is 0.429 e. The van der Waals surface area contributed by atoms with E-state index < -0.39 is 29.9 Å². The maximum absolute atomic E-state index is 14.1. The zero-order chi connectivity index (χ0) is 20.0. The quantitative estimate of drug-likeness (QED) is 0.395. The Morgan fingerprint density at radius 1 is 1.07 bits per heavy atom. The molecule has 1 aromatic rings. The van der Waals surface area contributed by atoms with E-state index in [4.69, 9.17) is 0 Å². The number of benzene rings is 1. The molecule has 0 heterocycles. The molecule has 1 aliphatic carbocycles. The maximum atomic E-state index is 14.1. The molecule has 1 unspecified atom stereocenters. The summed E-state index contributed by atoms with van der Waals surface area (Å²) >= 11 is 0. The molecule has 1 saturated carbocycles. The van der Waals surface area contributed by atoms with Crippen molar-refractivity contribution in [1.82, 2.24) is 0 Å². The lowest BCUT2D eigenvalue weighted by Crippen LogP contribution is -2.26. The maximum Gasteiger partial charge on any atom is 0.397 e. The first-order valence-electron chi connectivity index (χ1n) is 10.2. The van der Waals surface area contributed by atoms with Crippen molar-refractivity contribution in [2.24, 2.45) is 17.8 Å². The molecule has 1 fully saturated rings. The van der Waals surface area contributed by atoms with Gasteiger partial charge in [-0.2, -0.15) is 13.2 Å². The molecule has 1 nitrogen and oxygen atoms in total. The highest BCUT2D eigenvalue weighted by atomic mass is 19.3. The van der Waals surface area contributed by atoms with E-state index in [-0.39, 0.29) is 5.56 Å². The standard InChI is InChI=1S/C22H32F4O/c1-4-6-17(18-11-8-15(2)9-12-18)7-5-14-22(25,26)27-19-13-10-16(3)20(23)21(19)24/h10,13,15,17-18H,4-9,11-12,14H2,1-3H3. The molecule has 154 valence electrons. The van der Waals surface area contributed by atoms with Gasteiger partial charge < -0.3 is 4.74 Å². The third-order valence-corrected chi connectivity index (χ3v) is 5.93. The average molecular weight is 388 g/mol. The fourth-order valence-corrected chi connectivity index (χ4v) is 4.23. The van der Waals surface area contributed by atoms with Crippen LogP contribution in [0.1, 0.15) is 77.2 Å². The van der Waals surface area contributed by atoms with Crippen LogP contribution in [0.3, 0.4) is 0 Å². The number of halogens is 4. The van der Waals surface area contributed by atoms with Crippen LogP contribution in [-0.2, 0) is 0 Å². The van der Waals surface area contributed by atoms with Crippen LogP contribution in [0.4, 0.5) is 17.6 Å². The molecule has 1 atom stereocenters. The summed E-state index contributed by atoms with van der Waals surface area (Å²) in [5.41, 5.74) is 0.0624. The van der Waals surface area contributed by atoms with Gasteiger partial charge in [0.05, 0.1) is 6.42 Å². The van der Waals surface area contributed by atoms with Crippen molar-refractivity contribution in [3.8, 4) is 5.75 Å². The number of alkyl halides is 2. The van der Waals surface area contributed by atoms with Crippen LogP contribution in [-0.4, -0.2) is 6.11 Å². The Balaban J connectivity index is 1.88. The van der Waals surface area contributed by atoms with Gasteiger partial charge in [-0.05, 0) is 62.0 Å². The molecule has 1 aliphatic rings. The van der Waals surface area contributed by atoms with Gasteiger partial charge in [0.15, 0.2) is 11.6 Å². The zero-order valence-corrected chi connectivity index (χ0v) is 16.7. The molecule has 0 spiro atoms. The second-order valence-corrected chi connectivity index (χ2v) is 8.21. The summed E-state index contributed by atoms with van der Waals surface area (Å²) in [5, 5.41) is 0. The smallest absolute Gasteiger partial charge is 0.397 e. The molecule has 5 heteroatoms. The third kappa shape index (κ3) is 6.39. The Morgan fingerprint density at radius 2 is 1.74 bits per heavy atom. The Kier molecular flexibility index (Phi) is 7.99. The molecule has 0 saturated heterocycles. The molecule has 2 rings (SSSR count). The van der Waals surface area contributed by atoms with Crippen molar-refractivity contribution < 1.29 is 22.3 Å². The lowest BCUT2D eigenvalue weighted by molar-refractivity contribution is -0.183. The first-order chi connectivity index (χ1) is 12.7. The van der Waals surface area contributed by atoms with Gasteiger partial charge in [0.1, 0.15) is 0 Å². The highest BCUT2D eigenvalue weighted by molar-refractivity contribution is 5.30. The van der Waals surface area contributed by atoms with Crippen LogP contribution in [0.25, 0.3) is 0 Å². The number of aryl methyl sites for hydroxylation is 1. The number of ether oxygens (including phenoxy) is 1. The number of rotatable bonds is 9. The molecule has 0 amide bonds. The highest BCUT2D eigenvalue weighted by Crippen LogP contribution is 2.38. The van der Waals surface area contributed by atoms with Crippen LogP contribution in [0.5, 0.6) is 5.75 Å². The summed E-state index contributed by atoms with van der Waals surface area (Å²) in [7, 11) is 0. The number of hydrogen-bond donors (Lipinski definition) is 0. The van der Waals surface area contributed by atoms with Crippen molar-refractivity contribution in [3.63, 3.8) is 0 Å². The zero-order valence-electron chi connectivity index (χ0n) is 16.7. The Hall–Kier alpha value is -1.26. The predicted octanol–water partition coefficient (Wildman–Crippen LogP) is 7.66. The van der Waals surface area contributed by atoms with E-state index in [0.29, 0.717) is 18.3 Å². The van der Waals surface area contributed by atoms with Gasteiger partial charge in [-0.1, -0.05) is 45.6 Å². The van der Waals surface area contributed by atoms with Crippen LogP contribution in [0.2, 0.25) is 0 Å². The van der Waals surface area contributed by atoms with Crippen molar-refractivity contribution in [2.45, 2.75) is 84.7 Å². The monoisotopic (exact) mass is 388 g/mol. The van der Waals surface area contributed by atoms with Gasteiger partial charge in [0.25, 0.3) is 0 Å². The van der Waals surface area contributed by atoms with Crippen LogP contribution >= 0.6 is 0 Å². The van der Waals surface area contributed by atoms with Crippen LogP contribution in [0.15, 0.2) is 12.1 Å². The molecular weight excluding hydrogens is 356 g/mol. The van der Waals surface area contributed by atoms with Crippen molar-refractivity contribution in [1.29, 1.82) is 0 Å². The fraction of sp³-hybridized carbons (Fsp3) is 0.727. The van der Waals surface area contributed by atoms with Gasteiger partial charge in [0.2, 0.25) is 5.82 Å². The van der Waals surface area contributed by atoms with E-state index in [1.165, 1.54) is 38.7 Å². The summed E-state index contributed by atoms with van der Waals surface area (Å²) in [6, 6.07) is 2.30. The van der Waals surface area contributed by atoms with Gasteiger partial charge in [-0.15, -0.1) is 0 Å². The van der Waals surface area contributed by atoms with E-state index >= 15 is 0 Å². The molecule has 0 aliphatic heterocycles. The first kappa shape index (κ1) is 22.0. The Labute approximate surface area is 160 Å². The lowest BCUT2D eigenvalue weighted by Gasteiger charge is -2.33. The van der Waals surface area contributed by atoms with E-state index in [1.807, 2.05) is 0 Å². The molecule has 0 N–H and O–H groups in total. The minimum atomic E-state index is -3.50. The SMILES string of the molecule is CCCC(CCCC(F)(F)Oc1ccc(C)c(F)c1F)C1CCC(C)CC1. The van der Waals surface area contributed by atoms with E-state index in [2.05, 4.69) is 18.6 Å². The number of hydrogen-bond acceptors (Lipinski definition) is 1.